The molecule has 7 nitrogen and oxygen atoms in total. The molecule has 0 atom stereocenters. The first-order valence-corrected chi connectivity index (χ1v) is 9.72. The highest BCUT2D eigenvalue weighted by atomic mass is 32.2. The molecule has 0 unspecified atom stereocenters. The van der Waals surface area contributed by atoms with E-state index in [1.54, 1.807) is 38.1 Å². The van der Waals surface area contributed by atoms with Gasteiger partial charge in [0, 0.05) is 6.54 Å². The lowest BCUT2D eigenvalue weighted by atomic mass is 10.1. The van der Waals surface area contributed by atoms with Crippen LogP contribution in [0.5, 0.6) is 5.75 Å². The fraction of sp³-hybridized carbons (Fsp3) is 0.263. The molecule has 8 heteroatoms. The number of ketones is 1. The van der Waals surface area contributed by atoms with Gasteiger partial charge in [-0.1, -0.05) is 25.1 Å². The predicted octanol–water partition coefficient (Wildman–Crippen LogP) is 2.34. The van der Waals surface area contributed by atoms with Crippen LogP contribution in [0.1, 0.15) is 33.2 Å². The Morgan fingerprint density at radius 2 is 1.78 bits per heavy atom. The van der Waals surface area contributed by atoms with Gasteiger partial charge < -0.3 is 9.47 Å². The molecule has 144 valence electrons. The molecule has 0 fully saturated rings. The van der Waals surface area contributed by atoms with Gasteiger partial charge in [0.05, 0.1) is 23.1 Å². The summed E-state index contributed by atoms with van der Waals surface area (Å²) in [6.07, 6.45) is 0. The molecule has 2 rings (SSSR count). The zero-order valence-electron chi connectivity index (χ0n) is 15.3. The monoisotopic (exact) mass is 391 g/mol. The second-order valence-corrected chi connectivity index (χ2v) is 7.44. The molecule has 2 aromatic carbocycles. The first-order chi connectivity index (χ1) is 12.8. The van der Waals surface area contributed by atoms with Gasteiger partial charge in [0.15, 0.2) is 6.61 Å². The first kappa shape index (κ1) is 20.6. The third-order valence-electron chi connectivity index (χ3n) is 3.82. The Morgan fingerprint density at radius 1 is 1.07 bits per heavy atom. The molecule has 0 saturated carbocycles. The number of aryl methyl sites for hydroxylation is 1. The number of para-hydroxylation sites is 1. The van der Waals surface area contributed by atoms with Gasteiger partial charge in [-0.05, 0) is 36.8 Å². The summed E-state index contributed by atoms with van der Waals surface area (Å²) >= 11 is 0. The predicted molar refractivity (Wildman–Crippen MR) is 99.6 cm³/mol. The van der Waals surface area contributed by atoms with E-state index in [1.807, 2.05) is 0 Å². The average Bonchev–Trinajstić information content (AvgIpc) is 2.65. The van der Waals surface area contributed by atoms with Crippen molar-refractivity contribution in [2.45, 2.75) is 18.7 Å². The minimum Gasteiger partial charge on any atom is -0.496 e. The molecule has 0 aliphatic rings. The highest BCUT2D eigenvalue weighted by Gasteiger charge is 2.20. The summed E-state index contributed by atoms with van der Waals surface area (Å²) < 4.78 is 36.8. The molecular formula is C19H21NO6S. The molecule has 0 aliphatic heterocycles. The molecule has 0 heterocycles. The number of esters is 1. The lowest BCUT2D eigenvalue weighted by Gasteiger charge is -2.11. The third kappa shape index (κ3) is 4.93. The van der Waals surface area contributed by atoms with Crippen molar-refractivity contribution < 1.29 is 27.5 Å². The molecule has 1 N–H and O–H groups in total. The van der Waals surface area contributed by atoms with Crippen LogP contribution in [0.2, 0.25) is 0 Å². The van der Waals surface area contributed by atoms with E-state index in [0.29, 0.717) is 16.9 Å². The maximum atomic E-state index is 12.4. The van der Waals surface area contributed by atoms with Crippen LogP contribution in [0.25, 0.3) is 0 Å². The number of Topliss-reactive ketones (excluding diaryl/α,β-unsaturated/α-hetero) is 1. The lowest BCUT2D eigenvalue weighted by Crippen LogP contribution is -2.23. The van der Waals surface area contributed by atoms with Crippen molar-refractivity contribution in [2.75, 3.05) is 20.3 Å². The first-order valence-electron chi connectivity index (χ1n) is 8.23. The van der Waals surface area contributed by atoms with Crippen LogP contribution in [0.3, 0.4) is 0 Å². The summed E-state index contributed by atoms with van der Waals surface area (Å²) in [5, 5.41) is 0. The highest BCUT2D eigenvalue weighted by Crippen LogP contribution is 2.19. The Balaban J connectivity index is 2.17. The number of nitrogens with one attached hydrogen (secondary N) is 1. The molecule has 0 spiro atoms. The molecule has 0 saturated heterocycles. The Hall–Kier alpha value is -2.71. The van der Waals surface area contributed by atoms with Crippen LogP contribution in [-0.2, 0) is 14.8 Å². The molecule has 27 heavy (non-hydrogen) atoms. The van der Waals surface area contributed by atoms with Gasteiger partial charge in [0.2, 0.25) is 15.8 Å². The van der Waals surface area contributed by atoms with E-state index in [4.69, 9.17) is 9.47 Å². The van der Waals surface area contributed by atoms with Crippen molar-refractivity contribution in [1.82, 2.24) is 4.72 Å². The molecule has 0 bridgehead atoms. The molecule has 2 aromatic rings. The highest BCUT2D eigenvalue weighted by molar-refractivity contribution is 7.89. The van der Waals surface area contributed by atoms with E-state index < -0.39 is 28.4 Å². The topological polar surface area (TPSA) is 98.8 Å². The van der Waals surface area contributed by atoms with Crippen LogP contribution >= 0.6 is 0 Å². The van der Waals surface area contributed by atoms with E-state index in [0.717, 1.165) is 0 Å². The van der Waals surface area contributed by atoms with E-state index in [-0.39, 0.29) is 17.0 Å². The smallest absolute Gasteiger partial charge is 0.338 e. The number of rotatable bonds is 8. The minimum absolute atomic E-state index is 0.0436. The number of methoxy groups -OCH3 is 1. The third-order valence-corrected chi connectivity index (χ3v) is 5.36. The second-order valence-electron chi connectivity index (χ2n) is 5.68. The van der Waals surface area contributed by atoms with Crippen LogP contribution < -0.4 is 9.46 Å². The number of hydrogen-bond donors (Lipinski definition) is 1. The molecule has 0 aromatic heterocycles. The zero-order valence-corrected chi connectivity index (χ0v) is 16.1. The maximum Gasteiger partial charge on any atom is 0.338 e. The van der Waals surface area contributed by atoms with Crippen molar-refractivity contribution in [3.8, 4) is 5.75 Å². The second kappa shape index (κ2) is 8.79. The van der Waals surface area contributed by atoms with E-state index in [2.05, 4.69) is 4.72 Å². The van der Waals surface area contributed by atoms with E-state index >= 15 is 0 Å². The molecular weight excluding hydrogens is 370 g/mol. The summed E-state index contributed by atoms with van der Waals surface area (Å²) in [4.78, 5) is 24.6. The zero-order chi connectivity index (χ0) is 20.0. The van der Waals surface area contributed by atoms with Crippen molar-refractivity contribution >= 4 is 21.8 Å². The number of ether oxygens (including phenoxy) is 2. The van der Waals surface area contributed by atoms with Crippen molar-refractivity contribution in [2.24, 2.45) is 0 Å². The van der Waals surface area contributed by atoms with Crippen LogP contribution in [0.4, 0.5) is 0 Å². The lowest BCUT2D eigenvalue weighted by molar-refractivity contribution is 0.0473. The van der Waals surface area contributed by atoms with E-state index in [9.17, 15) is 18.0 Å². The van der Waals surface area contributed by atoms with Crippen molar-refractivity contribution in [3.63, 3.8) is 0 Å². The van der Waals surface area contributed by atoms with Crippen molar-refractivity contribution in [3.05, 3.63) is 59.2 Å². The molecule has 0 amide bonds. The van der Waals surface area contributed by atoms with Crippen LogP contribution in [0, 0.1) is 6.92 Å². The van der Waals surface area contributed by atoms with Gasteiger partial charge in [0.1, 0.15) is 5.75 Å². The van der Waals surface area contributed by atoms with Gasteiger partial charge in [-0.3, -0.25) is 4.79 Å². The SMILES string of the molecule is CCNS(=O)(=O)c1ccc(C)c(C(=O)OCC(=O)c2ccccc2OC)c1. The van der Waals surface area contributed by atoms with Gasteiger partial charge in [-0.2, -0.15) is 0 Å². The Bertz CT molecular complexity index is 952. The number of carbonyl (C=O) groups excluding carboxylic acids is 2. The van der Waals surface area contributed by atoms with Gasteiger partial charge in [-0.15, -0.1) is 0 Å². The van der Waals surface area contributed by atoms with Crippen LogP contribution in [0.15, 0.2) is 47.4 Å². The van der Waals surface area contributed by atoms with Gasteiger partial charge in [0.25, 0.3) is 0 Å². The largest absolute Gasteiger partial charge is 0.496 e. The average molecular weight is 391 g/mol. The molecule has 0 radical (unpaired) electrons. The van der Waals surface area contributed by atoms with Crippen molar-refractivity contribution in [1.29, 1.82) is 0 Å². The maximum absolute atomic E-state index is 12.4. The normalized spacial score (nSPS) is 11.1. The van der Waals surface area contributed by atoms with Gasteiger partial charge >= 0.3 is 5.97 Å². The Kier molecular flexibility index (Phi) is 6.70. The summed E-state index contributed by atoms with van der Waals surface area (Å²) in [7, 11) is -2.27. The Morgan fingerprint density at radius 3 is 2.44 bits per heavy atom. The number of benzene rings is 2. The minimum atomic E-state index is -3.71. The number of sulfonamides is 1. The Labute approximate surface area is 158 Å². The fourth-order valence-electron chi connectivity index (χ4n) is 2.42. The number of carbonyl (C=O) groups is 2. The number of hydrogen-bond acceptors (Lipinski definition) is 6. The summed E-state index contributed by atoms with van der Waals surface area (Å²) in [6.45, 7) is 3.05. The summed E-state index contributed by atoms with van der Waals surface area (Å²) in [5.41, 5.74) is 0.926. The summed E-state index contributed by atoms with van der Waals surface area (Å²) in [6, 6.07) is 10.8. The van der Waals surface area contributed by atoms with Gasteiger partial charge in [-0.25, -0.2) is 17.9 Å². The van der Waals surface area contributed by atoms with E-state index in [1.165, 1.54) is 25.3 Å². The standard InChI is InChI=1S/C19H21NO6S/c1-4-20-27(23,24)14-10-9-13(2)16(11-14)19(22)26-12-17(21)15-7-5-6-8-18(15)25-3/h5-11,20H,4,12H2,1-3H3. The van der Waals surface area contributed by atoms with Crippen LogP contribution in [-0.4, -0.2) is 40.4 Å². The quantitative estimate of drug-likeness (QED) is 0.548. The molecule has 0 aliphatic carbocycles. The summed E-state index contributed by atoms with van der Waals surface area (Å²) in [5.74, 6) is -0.812. The fourth-order valence-corrected chi connectivity index (χ4v) is 3.49.